The van der Waals surface area contributed by atoms with Crippen molar-refractivity contribution < 1.29 is 13.2 Å². The lowest BCUT2D eigenvalue weighted by molar-refractivity contribution is 0.0918. The lowest BCUT2D eigenvalue weighted by atomic mass is 10.0. The third kappa shape index (κ3) is 2.84. The van der Waals surface area contributed by atoms with E-state index in [4.69, 9.17) is 11.6 Å². The average molecular weight is 356 g/mol. The highest BCUT2D eigenvalue weighted by atomic mass is 35.5. The number of hydrogen-bond donors (Lipinski definition) is 0. The maximum Gasteiger partial charge on any atom is 0.253 e. The topological polar surface area (TPSA) is 54.5 Å². The van der Waals surface area contributed by atoms with Gasteiger partial charge in [-0.05, 0) is 25.0 Å². The minimum atomic E-state index is -3.67. The van der Waals surface area contributed by atoms with E-state index in [1.54, 1.807) is 30.3 Å². The Labute approximate surface area is 138 Å². The molecule has 4 nitrogen and oxygen atoms in total. The first-order valence-corrected chi connectivity index (χ1v) is 9.50. The zero-order chi connectivity index (χ0) is 15.7. The number of sulfonamides is 1. The second-order valence-electron chi connectivity index (χ2n) is 5.06. The van der Waals surface area contributed by atoms with Gasteiger partial charge >= 0.3 is 0 Å². The van der Waals surface area contributed by atoms with Crippen LogP contribution in [0.4, 0.5) is 0 Å². The van der Waals surface area contributed by atoms with Gasteiger partial charge in [-0.15, -0.1) is 11.3 Å². The van der Waals surface area contributed by atoms with Crippen molar-refractivity contribution in [1.82, 2.24) is 4.31 Å². The van der Waals surface area contributed by atoms with Crippen LogP contribution < -0.4 is 0 Å². The number of carbonyl (C=O) groups excluding carboxylic acids is 1. The van der Waals surface area contributed by atoms with Gasteiger partial charge in [-0.25, -0.2) is 8.42 Å². The van der Waals surface area contributed by atoms with Gasteiger partial charge in [0.1, 0.15) is 4.21 Å². The SMILES string of the molecule is O=C(c1ccccc1)C1CCCN1S(=O)(=O)c1ccc(Cl)s1. The number of thiophene rings is 1. The summed E-state index contributed by atoms with van der Waals surface area (Å²) in [5, 5.41) is 0. The summed E-state index contributed by atoms with van der Waals surface area (Å²) in [5.41, 5.74) is 0.541. The molecule has 7 heteroatoms. The molecule has 1 aliphatic rings. The van der Waals surface area contributed by atoms with Crippen molar-refractivity contribution in [1.29, 1.82) is 0 Å². The van der Waals surface area contributed by atoms with Crippen LogP contribution in [0.5, 0.6) is 0 Å². The van der Waals surface area contributed by atoms with Crippen LogP contribution in [0.15, 0.2) is 46.7 Å². The lowest BCUT2D eigenvalue weighted by Crippen LogP contribution is -2.40. The summed E-state index contributed by atoms with van der Waals surface area (Å²) < 4.78 is 27.4. The van der Waals surface area contributed by atoms with Crippen molar-refractivity contribution in [2.24, 2.45) is 0 Å². The number of carbonyl (C=O) groups is 1. The molecule has 0 spiro atoms. The number of Topliss-reactive ketones (excluding diaryl/α,β-unsaturated/α-hetero) is 1. The van der Waals surface area contributed by atoms with E-state index in [1.165, 1.54) is 10.4 Å². The molecule has 0 aliphatic carbocycles. The van der Waals surface area contributed by atoms with Gasteiger partial charge in [0, 0.05) is 12.1 Å². The van der Waals surface area contributed by atoms with Crippen LogP contribution in [-0.2, 0) is 10.0 Å². The first kappa shape index (κ1) is 15.7. The molecule has 22 heavy (non-hydrogen) atoms. The molecule has 0 amide bonds. The van der Waals surface area contributed by atoms with Gasteiger partial charge in [0.05, 0.1) is 10.4 Å². The number of hydrogen-bond acceptors (Lipinski definition) is 4. The molecule has 1 fully saturated rings. The van der Waals surface area contributed by atoms with Gasteiger partial charge in [-0.2, -0.15) is 4.31 Å². The molecule has 0 radical (unpaired) electrons. The quantitative estimate of drug-likeness (QED) is 0.789. The van der Waals surface area contributed by atoms with Gasteiger partial charge in [-0.1, -0.05) is 41.9 Å². The maximum absolute atomic E-state index is 12.7. The predicted octanol–water partition coefficient (Wildman–Crippen LogP) is 3.44. The molecule has 1 saturated heterocycles. The van der Waals surface area contributed by atoms with Gasteiger partial charge in [-0.3, -0.25) is 4.79 Å². The molecule has 0 N–H and O–H groups in total. The second-order valence-corrected chi connectivity index (χ2v) is 8.90. The minimum Gasteiger partial charge on any atom is -0.292 e. The van der Waals surface area contributed by atoms with Crippen molar-refractivity contribution in [2.45, 2.75) is 23.1 Å². The Balaban J connectivity index is 1.92. The summed E-state index contributed by atoms with van der Waals surface area (Å²) in [5.74, 6) is -0.149. The van der Waals surface area contributed by atoms with Crippen molar-refractivity contribution in [3.8, 4) is 0 Å². The van der Waals surface area contributed by atoms with Crippen LogP contribution in [0.2, 0.25) is 4.34 Å². The first-order valence-electron chi connectivity index (χ1n) is 6.86. The van der Waals surface area contributed by atoms with Gasteiger partial charge in [0.15, 0.2) is 5.78 Å². The van der Waals surface area contributed by atoms with Crippen LogP contribution >= 0.6 is 22.9 Å². The fourth-order valence-electron chi connectivity index (χ4n) is 2.64. The zero-order valence-electron chi connectivity index (χ0n) is 11.6. The van der Waals surface area contributed by atoms with E-state index >= 15 is 0 Å². The smallest absolute Gasteiger partial charge is 0.253 e. The molecule has 3 rings (SSSR count). The number of halogens is 1. The normalized spacial score (nSPS) is 19.4. The number of rotatable bonds is 4. The fourth-order valence-corrected chi connectivity index (χ4v) is 5.91. The minimum absolute atomic E-state index is 0.149. The van der Waals surface area contributed by atoms with Crippen molar-refractivity contribution >= 4 is 38.7 Å². The van der Waals surface area contributed by atoms with Crippen molar-refractivity contribution in [3.63, 3.8) is 0 Å². The Morgan fingerprint density at radius 1 is 1.18 bits per heavy atom. The third-order valence-electron chi connectivity index (χ3n) is 3.68. The van der Waals surface area contributed by atoms with Crippen LogP contribution in [0, 0.1) is 0 Å². The van der Waals surface area contributed by atoms with Crippen LogP contribution in [-0.4, -0.2) is 31.1 Å². The summed E-state index contributed by atoms with van der Waals surface area (Å²) in [6.45, 7) is 0.362. The summed E-state index contributed by atoms with van der Waals surface area (Å²) in [6.07, 6.45) is 1.23. The Morgan fingerprint density at radius 2 is 1.91 bits per heavy atom. The Kier molecular flexibility index (Phi) is 4.36. The van der Waals surface area contributed by atoms with E-state index in [0.29, 0.717) is 29.3 Å². The summed E-state index contributed by atoms with van der Waals surface area (Å²) in [7, 11) is -3.67. The molecule has 2 heterocycles. The molecule has 0 saturated carbocycles. The Bertz CT molecular complexity index is 786. The molecular weight excluding hydrogens is 342 g/mol. The third-order valence-corrected chi connectivity index (χ3v) is 7.28. The van der Waals surface area contributed by atoms with E-state index in [9.17, 15) is 13.2 Å². The van der Waals surface area contributed by atoms with E-state index in [-0.39, 0.29) is 9.99 Å². The highest BCUT2D eigenvalue weighted by Gasteiger charge is 2.40. The Hall–Kier alpha value is -1.21. The molecule has 1 aromatic carbocycles. The predicted molar refractivity (Wildman–Crippen MR) is 87.0 cm³/mol. The largest absolute Gasteiger partial charge is 0.292 e. The van der Waals surface area contributed by atoms with Gasteiger partial charge < -0.3 is 0 Å². The summed E-state index contributed by atoms with van der Waals surface area (Å²) >= 11 is 6.85. The van der Waals surface area contributed by atoms with Crippen molar-refractivity contribution in [3.05, 3.63) is 52.4 Å². The molecule has 1 aromatic heterocycles. The Morgan fingerprint density at radius 3 is 2.55 bits per heavy atom. The first-order chi connectivity index (χ1) is 10.5. The van der Waals surface area contributed by atoms with Crippen LogP contribution in [0.25, 0.3) is 0 Å². The second kappa shape index (κ2) is 6.12. The number of benzene rings is 1. The summed E-state index contributed by atoms with van der Waals surface area (Å²) in [4.78, 5) is 12.6. The molecule has 116 valence electrons. The van der Waals surface area contributed by atoms with Crippen molar-refractivity contribution in [2.75, 3.05) is 6.54 Å². The zero-order valence-corrected chi connectivity index (χ0v) is 14.0. The van der Waals surface area contributed by atoms with Crippen LogP contribution in [0.3, 0.4) is 0 Å². The summed E-state index contributed by atoms with van der Waals surface area (Å²) in [6, 6.07) is 11.2. The van der Waals surface area contributed by atoms with E-state index in [2.05, 4.69) is 0 Å². The average Bonchev–Trinajstić information content (AvgIpc) is 3.16. The van der Waals surface area contributed by atoms with E-state index in [0.717, 1.165) is 11.3 Å². The number of nitrogens with zero attached hydrogens (tertiary/aromatic N) is 1. The molecule has 1 unspecified atom stereocenters. The lowest BCUT2D eigenvalue weighted by Gasteiger charge is -2.22. The highest BCUT2D eigenvalue weighted by Crippen LogP contribution is 2.33. The monoisotopic (exact) mass is 355 g/mol. The van der Waals surface area contributed by atoms with E-state index < -0.39 is 16.1 Å². The van der Waals surface area contributed by atoms with Crippen LogP contribution in [0.1, 0.15) is 23.2 Å². The van der Waals surface area contributed by atoms with Gasteiger partial charge in [0.25, 0.3) is 10.0 Å². The van der Waals surface area contributed by atoms with Gasteiger partial charge in [0.2, 0.25) is 0 Å². The maximum atomic E-state index is 12.7. The highest BCUT2D eigenvalue weighted by molar-refractivity contribution is 7.91. The van der Waals surface area contributed by atoms with E-state index in [1.807, 2.05) is 6.07 Å². The molecule has 2 aromatic rings. The molecular formula is C15H14ClNO3S2. The fraction of sp³-hybridized carbons (Fsp3) is 0.267. The molecule has 1 aliphatic heterocycles. The molecule has 1 atom stereocenters. The number of ketones is 1. The molecule has 0 bridgehead atoms. The standard InChI is InChI=1S/C15H14ClNO3S2/c16-13-8-9-14(21-13)22(19,20)17-10-4-7-12(17)15(18)11-5-2-1-3-6-11/h1-3,5-6,8-9,12H,4,7,10H2.